The van der Waals surface area contributed by atoms with Gasteiger partial charge in [-0.3, -0.25) is 0 Å². The van der Waals surface area contributed by atoms with Crippen LogP contribution >= 0.6 is 11.3 Å². The molecule has 3 saturated carbocycles. The standard InChI is InChI=1S/C26H32FNOS/c1-25-14-12-21-23(30-24(28-21)15-3-5-16(27)6-4-15)20(25)8-7-17-18-9-10-22(29)26(18,2)13-11-19(17)25/h3-6,17-20,22,29H,7-14H2,1-2H3/t17-,18-,19-,20-,22-,25+,26-/m0/s1. The summed E-state index contributed by atoms with van der Waals surface area (Å²) in [6.45, 7) is 4.94. The molecule has 160 valence electrons. The third kappa shape index (κ3) is 2.59. The van der Waals surface area contributed by atoms with Crippen LogP contribution in [0.25, 0.3) is 10.6 Å². The lowest BCUT2D eigenvalue weighted by Gasteiger charge is -2.59. The second-order valence-corrected chi connectivity index (χ2v) is 12.0. The molecule has 0 bridgehead atoms. The lowest BCUT2D eigenvalue weighted by molar-refractivity contribution is -0.0985. The normalized spacial score (nSPS) is 42.2. The van der Waals surface area contributed by atoms with Crippen LogP contribution in [0.4, 0.5) is 4.39 Å². The van der Waals surface area contributed by atoms with Gasteiger partial charge < -0.3 is 5.11 Å². The number of aliphatic hydroxyl groups is 1. The number of hydrogen-bond acceptors (Lipinski definition) is 3. The van der Waals surface area contributed by atoms with Crippen LogP contribution in [0.5, 0.6) is 0 Å². The van der Waals surface area contributed by atoms with E-state index in [-0.39, 0.29) is 17.3 Å². The topological polar surface area (TPSA) is 33.1 Å². The molecule has 1 N–H and O–H groups in total. The van der Waals surface area contributed by atoms with Crippen molar-refractivity contribution in [3.8, 4) is 10.6 Å². The number of benzene rings is 1. The van der Waals surface area contributed by atoms with E-state index in [0.717, 1.165) is 35.2 Å². The molecule has 0 unspecified atom stereocenters. The molecule has 0 aliphatic heterocycles. The Morgan fingerprint density at radius 2 is 1.73 bits per heavy atom. The summed E-state index contributed by atoms with van der Waals surface area (Å²) in [5, 5.41) is 11.8. The van der Waals surface area contributed by atoms with Gasteiger partial charge in [-0.2, -0.15) is 0 Å². The molecule has 3 fully saturated rings. The van der Waals surface area contributed by atoms with Crippen molar-refractivity contribution in [2.45, 2.75) is 77.2 Å². The molecule has 0 amide bonds. The minimum absolute atomic E-state index is 0.0910. The van der Waals surface area contributed by atoms with E-state index in [9.17, 15) is 9.50 Å². The second-order valence-electron chi connectivity index (χ2n) is 11.0. The molecule has 4 aliphatic rings. The quantitative estimate of drug-likeness (QED) is 0.559. The number of nitrogens with zero attached hydrogens (tertiary/aromatic N) is 1. The third-order valence-corrected chi connectivity index (χ3v) is 11.1. The molecule has 2 nitrogen and oxygen atoms in total. The number of thiazole rings is 1. The fraction of sp³-hybridized carbons (Fsp3) is 0.654. The summed E-state index contributed by atoms with van der Waals surface area (Å²) in [7, 11) is 0. The first-order valence-electron chi connectivity index (χ1n) is 11.8. The molecular weight excluding hydrogens is 393 g/mol. The Kier molecular flexibility index (Phi) is 4.29. The summed E-state index contributed by atoms with van der Waals surface area (Å²) < 4.78 is 13.4. The van der Waals surface area contributed by atoms with Gasteiger partial charge in [0.05, 0.1) is 11.8 Å². The van der Waals surface area contributed by atoms with Crippen molar-refractivity contribution < 1.29 is 9.50 Å². The number of fused-ring (bicyclic) bond motifs is 7. The number of aromatic nitrogens is 1. The van der Waals surface area contributed by atoms with E-state index in [2.05, 4.69) is 13.8 Å². The van der Waals surface area contributed by atoms with Crippen molar-refractivity contribution in [2.24, 2.45) is 28.6 Å². The first-order chi connectivity index (χ1) is 14.4. The first kappa shape index (κ1) is 19.4. The van der Waals surface area contributed by atoms with E-state index < -0.39 is 0 Å². The highest BCUT2D eigenvalue weighted by atomic mass is 32.1. The highest BCUT2D eigenvalue weighted by Gasteiger charge is 2.60. The number of hydrogen-bond donors (Lipinski definition) is 1. The van der Waals surface area contributed by atoms with E-state index >= 15 is 0 Å². The van der Waals surface area contributed by atoms with Crippen LogP contribution in [0, 0.1) is 34.4 Å². The maximum Gasteiger partial charge on any atom is 0.123 e. The van der Waals surface area contributed by atoms with Crippen molar-refractivity contribution >= 4 is 11.3 Å². The highest BCUT2D eigenvalue weighted by Crippen LogP contribution is 2.68. The van der Waals surface area contributed by atoms with Gasteiger partial charge in [0.25, 0.3) is 0 Å². The Labute approximate surface area is 182 Å². The molecule has 0 radical (unpaired) electrons. The second kappa shape index (κ2) is 6.62. The summed E-state index contributed by atoms with van der Waals surface area (Å²) in [4.78, 5) is 6.53. The monoisotopic (exact) mass is 425 g/mol. The van der Waals surface area contributed by atoms with Gasteiger partial charge in [-0.05, 0) is 104 Å². The molecule has 2 aromatic rings. The van der Waals surface area contributed by atoms with Crippen LogP contribution in [0.1, 0.15) is 75.3 Å². The Morgan fingerprint density at radius 1 is 0.967 bits per heavy atom. The largest absolute Gasteiger partial charge is 0.393 e. The van der Waals surface area contributed by atoms with Crippen molar-refractivity contribution in [1.29, 1.82) is 0 Å². The lowest BCUT2D eigenvalue weighted by Crippen LogP contribution is -2.52. The molecule has 4 aliphatic carbocycles. The Bertz CT molecular complexity index is 970. The van der Waals surface area contributed by atoms with Crippen molar-refractivity contribution in [2.75, 3.05) is 0 Å². The number of aryl methyl sites for hydroxylation is 1. The zero-order valence-electron chi connectivity index (χ0n) is 18.0. The van der Waals surface area contributed by atoms with Crippen LogP contribution in [-0.2, 0) is 6.42 Å². The summed E-state index contributed by atoms with van der Waals surface area (Å²) in [6, 6.07) is 6.81. The smallest absolute Gasteiger partial charge is 0.123 e. The molecule has 0 spiro atoms. The fourth-order valence-electron chi connectivity index (χ4n) is 8.14. The van der Waals surface area contributed by atoms with E-state index in [1.807, 2.05) is 23.5 Å². The lowest BCUT2D eigenvalue weighted by atomic mass is 9.45. The third-order valence-electron chi connectivity index (χ3n) is 9.85. The minimum atomic E-state index is -0.188. The predicted octanol–water partition coefficient (Wildman–Crippen LogP) is 6.58. The number of rotatable bonds is 1. The first-order valence-corrected chi connectivity index (χ1v) is 12.7. The van der Waals surface area contributed by atoms with Gasteiger partial charge in [0.1, 0.15) is 10.8 Å². The van der Waals surface area contributed by atoms with Gasteiger partial charge in [-0.15, -0.1) is 11.3 Å². The molecule has 4 heteroatoms. The Morgan fingerprint density at radius 3 is 2.53 bits per heavy atom. The van der Waals surface area contributed by atoms with Crippen LogP contribution < -0.4 is 0 Å². The van der Waals surface area contributed by atoms with Crippen LogP contribution in [0.3, 0.4) is 0 Å². The van der Waals surface area contributed by atoms with Gasteiger partial charge >= 0.3 is 0 Å². The summed E-state index contributed by atoms with van der Waals surface area (Å²) in [5.74, 6) is 2.70. The molecule has 6 rings (SSSR count). The zero-order chi connectivity index (χ0) is 20.7. The Balaban J connectivity index is 1.33. The maximum atomic E-state index is 13.4. The van der Waals surface area contributed by atoms with E-state index in [1.54, 1.807) is 12.1 Å². The summed E-state index contributed by atoms with van der Waals surface area (Å²) in [6.07, 6.45) is 9.49. The predicted molar refractivity (Wildman–Crippen MR) is 119 cm³/mol. The van der Waals surface area contributed by atoms with Crippen LogP contribution in [0.2, 0.25) is 0 Å². The molecule has 7 atom stereocenters. The SMILES string of the molecule is C[C@]12CCc3nc(-c4ccc(F)cc4)sc3[C@@H]1CC[C@@H]1[C@@H]2CC[C@]2(C)[C@@H](O)CC[C@@H]12. The molecule has 0 saturated heterocycles. The van der Waals surface area contributed by atoms with Gasteiger partial charge in [0.15, 0.2) is 0 Å². The van der Waals surface area contributed by atoms with Gasteiger partial charge in [-0.25, -0.2) is 9.37 Å². The van der Waals surface area contributed by atoms with Crippen molar-refractivity contribution in [3.63, 3.8) is 0 Å². The molecule has 1 aromatic heterocycles. The molecule has 1 heterocycles. The summed E-state index contributed by atoms with van der Waals surface area (Å²) >= 11 is 1.86. The van der Waals surface area contributed by atoms with Crippen LogP contribution in [-0.4, -0.2) is 16.2 Å². The van der Waals surface area contributed by atoms with E-state index in [1.165, 1.54) is 49.1 Å². The van der Waals surface area contributed by atoms with Gasteiger partial charge in [-0.1, -0.05) is 13.8 Å². The minimum Gasteiger partial charge on any atom is -0.393 e. The maximum absolute atomic E-state index is 13.4. The molecule has 1 aromatic carbocycles. The zero-order valence-corrected chi connectivity index (χ0v) is 18.9. The van der Waals surface area contributed by atoms with Crippen LogP contribution in [0.15, 0.2) is 24.3 Å². The average molecular weight is 426 g/mol. The molecule has 30 heavy (non-hydrogen) atoms. The fourth-order valence-corrected chi connectivity index (χ4v) is 9.55. The van der Waals surface area contributed by atoms with E-state index in [4.69, 9.17) is 4.98 Å². The highest BCUT2D eigenvalue weighted by molar-refractivity contribution is 7.15. The van der Waals surface area contributed by atoms with E-state index in [0.29, 0.717) is 17.3 Å². The summed E-state index contributed by atoms with van der Waals surface area (Å²) in [5.41, 5.74) is 2.86. The number of aliphatic hydroxyl groups excluding tert-OH is 1. The number of halogens is 1. The van der Waals surface area contributed by atoms with Crippen molar-refractivity contribution in [1.82, 2.24) is 4.98 Å². The van der Waals surface area contributed by atoms with Crippen molar-refractivity contribution in [3.05, 3.63) is 40.7 Å². The van der Waals surface area contributed by atoms with Gasteiger partial charge in [0, 0.05) is 16.4 Å². The molecular formula is C26H32FNOS. The van der Waals surface area contributed by atoms with Gasteiger partial charge in [0.2, 0.25) is 0 Å². The average Bonchev–Trinajstić information content (AvgIpc) is 3.29. The Hall–Kier alpha value is -1.26.